The fourth-order valence-corrected chi connectivity index (χ4v) is 3.01. The van der Waals surface area contributed by atoms with Gasteiger partial charge in [-0.25, -0.2) is 4.98 Å². The van der Waals surface area contributed by atoms with Crippen LogP contribution in [0.25, 0.3) is 16.3 Å². The zero-order valence-electron chi connectivity index (χ0n) is 9.84. The summed E-state index contributed by atoms with van der Waals surface area (Å²) in [6, 6.07) is 2.10. The standard InChI is InChI=1S/C12H14N4S/c1-8-3-4-15(2)11(8)10-6-16-9(5-13)7-17-12(16)14-10/h3-4,6-7H,5,13H2,1-2H3. The van der Waals surface area contributed by atoms with E-state index in [1.54, 1.807) is 11.3 Å². The van der Waals surface area contributed by atoms with Gasteiger partial charge in [-0.1, -0.05) is 0 Å². The zero-order valence-corrected chi connectivity index (χ0v) is 10.7. The number of hydrogen-bond donors (Lipinski definition) is 1. The summed E-state index contributed by atoms with van der Waals surface area (Å²) in [7, 11) is 2.04. The summed E-state index contributed by atoms with van der Waals surface area (Å²) in [5, 5.41) is 2.06. The number of rotatable bonds is 2. The van der Waals surface area contributed by atoms with Crippen molar-refractivity contribution in [3.63, 3.8) is 0 Å². The number of aromatic nitrogens is 3. The molecule has 5 heteroatoms. The van der Waals surface area contributed by atoms with Gasteiger partial charge < -0.3 is 10.3 Å². The van der Waals surface area contributed by atoms with E-state index in [0.29, 0.717) is 6.54 Å². The fourth-order valence-electron chi connectivity index (χ4n) is 2.13. The van der Waals surface area contributed by atoms with Crippen LogP contribution in [-0.4, -0.2) is 14.0 Å². The van der Waals surface area contributed by atoms with Crippen molar-refractivity contribution in [2.75, 3.05) is 0 Å². The molecule has 17 heavy (non-hydrogen) atoms. The summed E-state index contributed by atoms with van der Waals surface area (Å²) in [4.78, 5) is 5.65. The van der Waals surface area contributed by atoms with Crippen molar-refractivity contribution in [3.8, 4) is 11.4 Å². The highest BCUT2D eigenvalue weighted by molar-refractivity contribution is 7.15. The largest absolute Gasteiger partial charge is 0.349 e. The molecule has 2 N–H and O–H groups in total. The van der Waals surface area contributed by atoms with Crippen LogP contribution in [0, 0.1) is 6.92 Å². The highest BCUT2D eigenvalue weighted by Crippen LogP contribution is 2.26. The highest BCUT2D eigenvalue weighted by Gasteiger charge is 2.12. The molecular formula is C12H14N4S. The number of fused-ring (bicyclic) bond motifs is 1. The van der Waals surface area contributed by atoms with Crippen molar-refractivity contribution in [3.05, 3.63) is 35.1 Å². The summed E-state index contributed by atoms with van der Waals surface area (Å²) in [6.07, 6.45) is 4.12. The van der Waals surface area contributed by atoms with Crippen LogP contribution in [-0.2, 0) is 13.6 Å². The molecule has 3 rings (SSSR count). The van der Waals surface area contributed by atoms with E-state index in [4.69, 9.17) is 5.73 Å². The molecule has 3 aromatic heterocycles. The number of imidazole rings is 1. The monoisotopic (exact) mass is 246 g/mol. The van der Waals surface area contributed by atoms with Gasteiger partial charge in [0.1, 0.15) is 5.69 Å². The number of aryl methyl sites for hydroxylation is 2. The van der Waals surface area contributed by atoms with Crippen LogP contribution < -0.4 is 5.73 Å². The summed E-state index contributed by atoms with van der Waals surface area (Å²) in [6.45, 7) is 2.65. The summed E-state index contributed by atoms with van der Waals surface area (Å²) >= 11 is 1.63. The molecule has 0 unspecified atom stereocenters. The molecule has 0 bridgehead atoms. The lowest BCUT2D eigenvalue weighted by atomic mass is 10.2. The Bertz CT molecular complexity index is 654. The highest BCUT2D eigenvalue weighted by atomic mass is 32.1. The third-order valence-electron chi connectivity index (χ3n) is 3.01. The smallest absolute Gasteiger partial charge is 0.194 e. The van der Waals surface area contributed by atoms with E-state index in [1.165, 1.54) is 11.3 Å². The number of nitrogens with zero attached hydrogens (tertiary/aromatic N) is 3. The minimum absolute atomic E-state index is 0.544. The molecule has 0 amide bonds. The molecule has 0 atom stereocenters. The van der Waals surface area contributed by atoms with Crippen LogP contribution in [0.15, 0.2) is 23.8 Å². The molecule has 0 fully saturated rings. The van der Waals surface area contributed by atoms with Gasteiger partial charge in [0.05, 0.1) is 5.69 Å². The third-order valence-corrected chi connectivity index (χ3v) is 3.90. The average molecular weight is 246 g/mol. The van der Waals surface area contributed by atoms with E-state index in [9.17, 15) is 0 Å². The predicted octanol–water partition coefficient (Wildman–Crippen LogP) is 2.17. The number of thiazole rings is 1. The molecule has 0 spiro atoms. The molecule has 0 saturated heterocycles. The maximum absolute atomic E-state index is 5.70. The normalized spacial score (nSPS) is 11.5. The number of nitrogens with two attached hydrogens (primary N) is 1. The van der Waals surface area contributed by atoms with Gasteiger partial charge in [-0.05, 0) is 18.6 Å². The molecule has 0 aliphatic carbocycles. The van der Waals surface area contributed by atoms with E-state index >= 15 is 0 Å². The zero-order chi connectivity index (χ0) is 12.0. The molecule has 0 saturated carbocycles. The van der Waals surface area contributed by atoms with Crippen molar-refractivity contribution >= 4 is 16.3 Å². The van der Waals surface area contributed by atoms with E-state index in [-0.39, 0.29) is 0 Å². The van der Waals surface area contributed by atoms with Crippen molar-refractivity contribution in [1.29, 1.82) is 0 Å². The Hall–Kier alpha value is -1.59. The summed E-state index contributed by atoms with van der Waals surface area (Å²) in [5.74, 6) is 0. The average Bonchev–Trinajstić information content (AvgIpc) is 2.93. The second-order valence-corrected chi connectivity index (χ2v) is 5.00. The second-order valence-electron chi connectivity index (χ2n) is 4.17. The van der Waals surface area contributed by atoms with Gasteiger partial charge >= 0.3 is 0 Å². The Balaban J connectivity index is 2.22. The Morgan fingerprint density at radius 2 is 2.29 bits per heavy atom. The van der Waals surface area contributed by atoms with Crippen LogP contribution >= 0.6 is 11.3 Å². The minimum Gasteiger partial charge on any atom is -0.349 e. The SMILES string of the molecule is Cc1ccn(C)c1-c1cn2c(CN)csc2n1. The maximum atomic E-state index is 5.70. The lowest BCUT2D eigenvalue weighted by Crippen LogP contribution is -1.98. The maximum Gasteiger partial charge on any atom is 0.194 e. The Morgan fingerprint density at radius 1 is 1.47 bits per heavy atom. The Kier molecular flexibility index (Phi) is 2.31. The summed E-state index contributed by atoms with van der Waals surface area (Å²) < 4.78 is 4.18. The van der Waals surface area contributed by atoms with Crippen LogP contribution in [0.1, 0.15) is 11.3 Å². The number of hydrogen-bond acceptors (Lipinski definition) is 3. The van der Waals surface area contributed by atoms with Crippen molar-refractivity contribution in [1.82, 2.24) is 14.0 Å². The topological polar surface area (TPSA) is 48.2 Å². The Labute approximate surface area is 103 Å². The molecular weight excluding hydrogens is 232 g/mol. The second kappa shape index (κ2) is 3.72. The van der Waals surface area contributed by atoms with Crippen LogP contribution in [0.2, 0.25) is 0 Å². The fraction of sp³-hybridized carbons (Fsp3) is 0.250. The molecule has 0 aromatic carbocycles. The van der Waals surface area contributed by atoms with Crippen LogP contribution in [0.5, 0.6) is 0 Å². The van der Waals surface area contributed by atoms with Crippen LogP contribution in [0.3, 0.4) is 0 Å². The van der Waals surface area contributed by atoms with Crippen molar-refractivity contribution in [2.45, 2.75) is 13.5 Å². The lowest BCUT2D eigenvalue weighted by Gasteiger charge is -2.00. The first-order chi connectivity index (χ1) is 8.20. The first kappa shape index (κ1) is 10.6. The minimum atomic E-state index is 0.544. The molecule has 3 heterocycles. The van der Waals surface area contributed by atoms with Crippen LogP contribution in [0.4, 0.5) is 0 Å². The summed E-state index contributed by atoms with van der Waals surface area (Å²) in [5.41, 5.74) is 10.2. The quantitative estimate of drug-likeness (QED) is 0.753. The van der Waals surface area contributed by atoms with Gasteiger partial charge in [-0.3, -0.25) is 4.40 Å². The van der Waals surface area contributed by atoms with Gasteiger partial charge in [0.25, 0.3) is 0 Å². The molecule has 0 radical (unpaired) electrons. The first-order valence-electron chi connectivity index (χ1n) is 5.48. The molecule has 0 aliphatic rings. The van der Waals surface area contributed by atoms with Crippen molar-refractivity contribution < 1.29 is 0 Å². The van der Waals surface area contributed by atoms with Gasteiger partial charge in [-0.2, -0.15) is 0 Å². The van der Waals surface area contributed by atoms with E-state index in [0.717, 1.165) is 16.3 Å². The molecule has 4 nitrogen and oxygen atoms in total. The van der Waals surface area contributed by atoms with Gasteiger partial charge in [0.15, 0.2) is 4.96 Å². The molecule has 88 valence electrons. The molecule has 0 aliphatic heterocycles. The van der Waals surface area contributed by atoms with Crippen molar-refractivity contribution in [2.24, 2.45) is 12.8 Å². The first-order valence-corrected chi connectivity index (χ1v) is 6.36. The molecule has 3 aromatic rings. The van der Waals surface area contributed by atoms with Gasteiger partial charge in [-0.15, -0.1) is 11.3 Å². The van der Waals surface area contributed by atoms with Gasteiger partial charge in [0.2, 0.25) is 0 Å². The Morgan fingerprint density at radius 3 is 2.94 bits per heavy atom. The van der Waals surface area contributed by atoms with E-state index in [2.05, 4.69) is 44.7 Å². The van der Waals surface area contributed by atoms with Gasteiger partial charge in [0, 0.05) is 37.1 Å². The lowest BCUT2D eigenvalue weighted by molar-refractivity contribution is 0.928. The third kappa shape index (κ3) is 1.50. The van der Waals surface area contributed by atoms with E-state index in [1.807, 2.05) is 7.05 Å². The van der Waals surface area contributed by atoms with E-state index < -0.39 is 0 Å². The predicted molar refractivity (Wildman–Crippen MR) is 70.1 cm³/mol.